The van der Waals surface area contributed by atoms with Gasteiger partial charge in [0.15, 0.2) is 0 Å². The van der Waals surface area contributed by atoms with E-state index in [0.717, 1.165) is 18.7 Å². The molecule has 2 N–H and O–H groups in total. The van der Waals surface area contributed by atoms with Crippen LogP contribution in [-0.2, 0) is 0 Å². The molecule has 2 fully saturated rings. The maximum atomic E-state index is 13.1. The monoisotopic (exact) mass is 347 g/mol. The van der Waals surface area contributed by atoms with Gasteiger partial charge in [-0.1, -0.05) is 19.3 Å². The Morgan fingerprint density at radius 2 is 2.12 bits per heavy atom. The fourth-order valence-electron chi connectivity index (χ4n) is 4.07. The number of likely N-dealkylation sites (tertiary alicyclic amines) is 1. The van der Waals surface area contributed by atoms with Crippen molar-refractivity contribution in [1.29, 1.82) is 0 Å². The van der Waals surface area contributed by atoms with E-state index in [1.807, 2.05) is 13.1 Å². The number of aliphatic hydroxyl groups excluding tert-OH is 1. The number of nitrogens with zero attached hydrogens (tertiary/aromatic N) is 3. The second-order valence-corrected chi connectivity index (χ2v) is 7.49. The van der Waals surface area contributed by atoms with Gasteiger partial charge in [-0.15, -0.1) is 0 Å². The number of hydrogen-bond acceptors (Lipinski definition) is 5. The van der Waals surface area contributed by atoms with E-state index in [9.17, 15) is 15.0 Å². The fourth-order valence-corrected chi connectivity index (χ4v) is 4.07. The molecule has 0 unspecified atom stereocenters. The van der Waals surface area contributed by atoms with Gasteiger partial charge in [0.2, 0.25) is 0 Å². The van der Waals surface area contributed by atoms with E-state index >= 15 is 0 Å². The third kappa shape index (κ3) is 3.96. The zero-order chi connectivity index (χ0) is 17.9. The Morgan fingerprint density at radius 3 is 2.84 bits per heavy atom. The van der Waals surface area contributed by atoms with Gasteiger partial charge in [-0.2, -0.15) is 0 Å². The van der Waals surface area contributed by atoms with Crippen LogP contribution in [0.2, 0.25) is 0 Å². The second-order valence-electron chi connectivity index (χ2n) is 7.49. The van der Waals surface area contributed by atoms with Crippen LogP contribution in [0.15, 0.2) is 18.3 Å². The number of rotatable bonds is 4. The standard InChI is InChI=1S/C19H29N3O3/c1-21(15-7-3-2-4-8-15)17-16(9-5-11-20-17)18(24)22-12-6-10-19(25,13-22)14-23/h5,9,11,15,23,25H,2-4,6-8,10,12-14H2,1H3/t19-/m1/s1. The first-order valence-electron chi connectivity index (χ1n) is 9.34. The molecular formula is C19H29N3O3. The van der Waals surface area contributed by atoms with Gasteiger partial charge in [0.05, 0.1) is 18.7 Å². The molecule has 1 saturated carbocycles. The van der Waals surface area contributed by atoms with Gasteiger partial charge in [-0.05, 0) is 37.8 Å². The SMILES string of the molecule is CN(c1ncccc1C(=O)N1CCC[C@](O)(CO)C1)C1CCCCC1. The van der Waals surface area contributed by atoms with Gasteiger partial charge in [-0.3, -0.25) is 4.79 Å². The molecule has 1 aromatic rings. The van der Waals surface area contributed by atoms with Crippen LogP contribution >= 0.6 is 0 Å². The van der Waals surface area contributed by atoms with Gasteiger partial charge >= 0.3 is 0 Å². The maximum Gasteiger partial charge on any atom is 0.257 e. The lowest BCUT2D eigenvalue weighted by Crippen LogP contribution is -2.52. The molecule has 0 bridgehead atoms. The van der Waals surface area contributed by atoms with Crippen molar-refractivity contribution >= 4 is 11.7 Å². The molecule has 2 aliphatic rings. The minimum Gasteiger partial charge on any atom is -0.393 e. The second kappa shape index (κ2) is 7.70. The Hall–Kier alpha value is -1.66. The molecule has 3 rings (SSSR count). The van der Waals surface area contributed by atoms with Crippen molar-refractivity contribution in [1.82, 2.24) is 9.88 Å². The minimum atomic E-state index is -1.19. The van der Waals surface area contributed by atoms with Crippen molar-refractivity contribution in [3.8, 4) is 0 Å². The first kappa shape index (κ1) is 18.1. The van der Waals surface area contributed by atoms with Crippen molar-refractivity contribution in [2.24, 2.45) is 0 Å². The predicted molar refractivity (Wildman–Crippen MR) is 96.7 cm³/mol. The fraction of sp³-hybridized carbons (Fsp3) is 0.684. The van der Waals surface area contributed by atoms with Crippen LogP contribution in [0.25, 0.3) is 0 Å². The summed E-state index contributed by atoms with van der Waals surface area (Å²) in [6.45, 7) is 0.449. The number of hydrogen-bond donors (Lipinski definition) is 2. The van der Waals surface area contributed by atoms with Crippen LogP contribution in [-0.4, -0.2) is 64.4 Å². The number of β-amino-alcohol motifs (C(OH)–C–C–N with tert-alkyl or cyclic N) is 1. The van der Waals surface area contributed by atoms with Gasteiger partial charge in [0, 0.05) is 25.8 Å². The highest BCUT2D eigenvalue weighted by molar-refractivity contribution is 5.99. The quantitative estimate of drug-likeness (QED) is 0.869. The number of amides is 1. The van der Waals surface area contributed by atoms with Crippen LogP contribution in [0.1, 0.15) is 55.3 Å². The molecular weight excluding hydrogens is 318 g/mol. The molecule has 6 nitrogen and oxygen atoms in total. The lowest BCUT2D eigenvalue weighted by Gasteiger charge is -2.39. The molecule has 25 heavy (non-hydrogen) atoms. The first-order chi connectivity index (χ1) is 12.0. The summed E-state index contributed by atoms with van der Waals surface area (Å²) >= 11 is 0. The van der Waals surface area contributed by atoms with Crippen molar-refractivity contribution in [3.63, 3.8) is 0 Å². The van der Waals surface area contributed by atoms with Gasteiger partial charge in [-0.25, -0.2) is 4.98 Å². The number of carbonyl (C=O) groups is 1. The number of aliphatic hydroxyl groups is 2. The predicted octanol–water partition coefficient (Wildman–Crippen LogP) is 1.81. The molecule has 138 valence electrons. The number of carbonyl (C=O) groups excluding carboxylic acids is 1. The van der Waals surface area contributed by atoms with E-state index in [2.05, 4.69) is 9.88 Å². The highest BCUT2D eigenvalue weighted by Gasteiger charge is 2.36. The van der Waals surface area contributed by atoms with E-state index < -0.39 is 5.60 Å². The van der Waals surface area contributed by atoms with Crippen LogP contribution < -0.4 is 4.90 Å². The third-order valence-electron chi connectivity index (χ3n) is 5.61. The molecule has 0 aromatic carbocycles. The average molecular weight is 347 g/mol. The molecule has 1 saturated heterocycles. The van der Waals surface area contributed by atoms with Crippen LogP contribution in [0, 0.1) is 0 Å². The van der Waals surface area contributed by atoms with E-state index in [0.29, 0.717) is 31.0 Å². The lowest BCUT2D eigenvalue weighted by molar-refractivity contribution is -0.0598. The van der Waals surface area contributed by atoms with Crippen LogP contribution in [0.4, 0.5) is 5.82 Å². The van der Waals surface area contributed by atoms with E-state index in [1.54, 1.807) is 17.2 Å². The maximum absolute atomic E-state index is 13.1. The molecule has 1 aliphatic heterocycles. The van der Waals surface area contributed by atoms with E-state index in [1.165, 1.54) is 19.3 Å². The summed E-state index contributed by atoms with van der Waals surface area (Å²) in [6, 6.07) is 4.02. The normalized spacial score (nSPS) is 25.0. The Kier molecular flexibility index (Phi) is 5.59. The Balaban J connectivity index is 1.81. The summed E-state index contributed by atoms with van der Waals surface area (Å²) in [5.41, 5.74) is -0.608. The molecule has 1 amide bonds. The molecule has 0 spiro atoms. The summed E-state index contributed by atoms with van der Waals surface area (Å²) in [4.78, 5) is 21.4. The number of aromatic nitrogens is 1. The third-order valence-corrected chi connectivity index (χ3v) is 5.61. The van der Waals surface area contributed by atoms with Crippen molar-refractivity contribution < 1.29 is 15.0 Å². The van der Waals surface area contributed by atoms with Gasteiger partial charge in [0.25, 0.3) is 5.91 Å². The highest BCUT2D eigenvalue weighted by Crippen LogP contribution is 2.29. The van der Waals surface area contributed by atoms with Crippen LogP contribution in [0.5, 0.6) is 0 Å². The Bertz CT molecular complexity index is 603. The zero-order valence-electron chi connectivity index (χ0n) is 15.0. The Labute approximate surface area is 149 Å². The molecule has 1 aliphatic carbocycles. The van der Waals surface area contributed by atoms with Gasteiger partial charge < -0.3 is 20.0 Å². The van der Waals surface area contributed by atoms with Crippen molar-refractivity contribution in [3.05, 3.63) is 23.9 Å². The zero-order valence-corrected chi connectivity index (χ0v) is 15.0. The minimum absolute atomic E-state index is 0.114. The molecule has 2 heterocycles. The summed E-state index contributed by atoms with van der Waals surface area (Å²) in [6.07, 6.45) is 8.94. The number of piperidine rings is 1. The van der Waals surface area contributed by atoms with Gasteiger partial charge in [0.1, 0.15) is 11.4 Å². The average Bonchev–Trinajstić information content (AvgIpc) is 2.67. The lowest BCUT2D eigenvalue weighted by atomic mass is 9.93. The summed E-state index contributed by atoms with van der Waals surface area (Å²) in [5.74, 6) is 0.606. The molecule has 6 heteroatoms. The number of pyridine rings is 1. The van der Waals surface area contributed by atoms with Crippen molar-refractivity contribution in [2.45, 2.75) is 56.6 Å². The highest BCUT2D eigenvalue weighted by atomic mass is 16.3. The van der Waals surface area contributed by atoms with E-state index in [-0.39, 0.29) is 19.1 Å². The first-order valence-corrected chi connectivity index (χ1v) is 9.34. The number of anilines is 1. The summed E-state index contributed by atoms with van der Waals surface area (Å²) in [5, 5.41) is 19.8. The molecule has 1 atom stereocenters. The molecule has 0 radical (unpaired) electrons. The summed E-state index contributed by atoms with van der Waals surface area (Å²) in [7, 11) is 2.02. The van der Waals surface area contributed by atoms with Crippen LogP contribution in [0.3, 0.4) is 0 Å². The topological polar surface area (TPSA) is 76.9 Å². The van der Waals surface area contributed by atoms with E-state index in [4.69, 9.17) is 0 Å². The van der Waals surface area contributed by atoms with Crippen molar-refractivity contribution in [2.75, 3.05) is 31.6 Å². The smallest absolute Gasteiger partial charge is 0.257 e. The molecule has 1 aromatic heterocycles. The largest absolute Gasteiger partial charge is 0.393 e. The Morgan fingerprint density at radius 1 is 1.36 bits per heavy atom. The summed E-state index contributed by atoms with van der Waals surface area (Å²) < 4.78 is 0.